The zero-order valence-corrected chi connectivity index (χ0v) is 13.0. The summed E-state index contributed by atoms with van der Waals surface area (Å²) < 4.78 is 0. The minimum Gasteiger partial charge on any atom is -0.354 e. The molecule has 2 atom stereocenters. The first kappa shape index (κ1) is 16.4. The van der Waals surface area contributed by atoms with Crippen molar-refractivity contribution in [3.05, 3.63) is 0 Å². The molecule has 4 nitrogen and oxygen atoms in total. The Morgan fingerprint density at radius 2 is 1.84 bits per heavy atom. The Kier molecular flexibility index (Phi) is 7.39. The molecular formula is C15H31N3O. The molecule has 1 saturated heterocycles. The maximum absolute atomic E-state index is 11.9. The highest BCUT2D eigenvalue weighted by molar-refractivity contribution is 5.76. The zero-order valence-electron chi connectivity index (χ0n) is 13.0. The van der Waals surface area contributed by atoms with E-state index in [1.54, 1.807) is 0 Å². The van der Waals surface area contributed by atoms with E-state index in [-0.39, 0.29) is 11.9 Å². The fraction of sp³-hybridized carbons (Fsp3) is 0.933. The molecule has 0 aliphatic carbocycles. The fourth-order valence-electron chi connectivity index (χ4n) is 2.85. The van der Waals surface area contributed by atoms with Gasteiger partial charge in [0.05, 0.1) is 0 Å². The molecule has 0 aromatic rings. The summed E-state index contributed by atoms with van der Waals surface area (Å²) in [7, 11) is 0. The van der Waals surface area contributed by atoms with Crippen molar-refractivity contribution in [2.45, 2.75) is 59.0 Å². The van der Waals surface area contributed by atoms with Crippen molar-refractivity contribution in [3.8, 4) is 0 Å². The van der Waals surface area contributed by atoms with Crippen molar-refractivity contribution >= 4 is 5.91 Å². The zero-order chi connectivity index (χ0) is 14.3. The number of hydrogen-bond acceptors (Lipinski definition) is 3. The van der Waals surface area contributed by atoms with Crippen LogP contribution < -0.4 is 10.6 Å². The average Bonchev–Trinajstić information content (AvgIpc) is 2.82. The molecule has 1 aliphatic rings. The topological polar surface area (TPSA) is 44.4 Å². The van der Waals surface area contributed by atoms with Gasteiger partial charge in [-0.1, -0.05) is 20.8 Å². The Bertz CT molecular complexity index is 262. The molecule has 1 fully saturated rings. The molecular weight excluding hydrogens is 238 g/mol. The Hall–Kier alpha value is -0.610. The van der Waals surface area contributed by atoms with Gasteiger partial charge in [0.25, 0.3) is 0 Å². The lowest BCUT2D eigenvalue weighted by molar-refractivity contribution is -0.121. The quantitative estimate of drug-likeness (QED) is 0.704. The molecule has 1 heterocycles. The summed E-state index contributed by atoms with van der Waals surface area (Å²) in [6.45, 7) is 12.7. The van der Waals surface area contributed by atoms with E-state index < -0.39 is 0 Å². The van der Waals surface area contributed by atoms with Gasteiger partial charge in [0, 0.05) is 25.0 Å². The van der Waals surface area contributed by atoms with Crippen molar-refractivity contribution in [2.75, 3.05) is 26.2 Å². The van der Waals surface area contributed by atoms with Crippen LogP contribution in [0, 0.1) is 5.92 Å². The highest BCUT2D eigenvalue weighted by Crippen LogP contribution is 2.17. The van der Waals surface area contributed by atoms with E-state index >= 15 is 0 Å². The average molecular weight is 269 g/mol. The van der Waals surface area contributed by atoms with Gasteiger partial charge in [0.15, 0.2) is 0 Å². The number of rotatable bonds is 8. The van der Waals surface area contributed by atoms with E-state index in [1.165, 1.54) is 25.9 Å². The molecule has 2 N–H and O–H groups in total. The highest BCUT2D eigenvalue weighted by Gasteiger charge is 2.24. The lowest BCUT2D eigenvalue weighted by atomic mass is 10.0. The van der Waals surface area contributed by atoms with Crippen LogP contribution in [0.2, 0.25) is 0 Å². The van der Waals surface area contributed by atoms with E-state index in [2.05, 4.69) is 43.2 Å². The standard InChI is InChI=1S/C15H31N3O/c1-5-16-13(4)10-15(19)17-11-14(12(2)3)18-8-6-7-9-18/h12-14,16H,5-11H2,1-4H3,(H,17,19). The third-order valence-corrected chi connectivity index (χ3v) is 3.93. The van der Waals surface area contributed by atoms with Gasteiger partial charge in [-0.3, -0.25) is 9.69 Å². The Labute approximate surface area is 118 Å². The van der Waals surface area contributed by atoms with Gasteiger partial charge in [-0.25, -0.2) is 0 Å². The number of likely N-dealkylation sites (tertiary alicyclic amines) is 1. The predicted octanol–water partition coefficient (Wildman–Crippen LogP) is 1.61. The molecule has 0 bridgehead atoms. The van der Waals surface area contributed by atoms with Crippen LogP contribution in [0.3, 0.4) is 0 Å². The van der Waals surface area contributed by atoms with Crippen LogP contribution in [0.15, 0.2) is 0 Å². The van der Waals surface area contributed by atoms with Crippen molar-refractivity contribution in [2.24, 2.45) is 5.92 Å². The third kappa shape index (κ3) is 5.91. The van der Waals surface area contributed by atoms with Crippen LogP contribution in [0.4, 0.5) is 0 Å². The van der Waals surface area contributed by atoms with Gasteiger partial charge in [-0.05, 0) is 45.3 Å². The number of hydrogen-bond donors (Lipinski definition) is 2. The minimum absolute atomic E-state index is 0.165. The smallest absolute Gasteiger partial charge is 0.221 e. The van der Waals surface area contributed by atoms with Crippen LogP contribution in [-0.2, 0) is 4.79 Å². The van der Waals surface area contributed by atoms with Crippen LogP contribution >= 0.6 is 0 Å². The molecule has 1 aliphatic heterocycles. The highest BCUT2D eigenvalue weighted by atomic mass is 16.1. The van der Waals surface area contributed by atoms with E-state index in [0.717, 1.165) is 13.1 Å². The van der Waals surface area contributed by atoms with E-state index in [1.807, 2.05) is 0 Å². The molecule has 2 unspecified atom stereocenters. The van der Waals surface area contributed by atoms with Gasteiger partial charge >= 0.3 is 0 Å². The molecule has 0 aromatic heterocycles. The lowest BCUT2D eigenvalue weighted by Gasteiger charge is -2.31. The van der Waals surface area contributed by atoms with Crippen LogP contribution in [0.25, 0.3) is 0 Å². The summed E-state index contributed by atoms with van der Waals surface area (Å²) in [5.74, 6) is 0.753. The normalized spacial score (nSPS) is 19.6. The summed E-state index contributed by atoms with van der Waals surface area (Å²) in [5, 5.41) is 6.38. The molecule has 0 spiro atoms. The number of carbonyl (C=O) groups excluding carboxylic acids is 1. The van der Waals surface area contributed by atoms with Crippen molar-refractivity contribution < 1.29 is 4.79 Å². The van der Waals surface area contributed by atoms with Crippen LogP contribution in [-0.4, -0.2) is 49.1 Å². The van der Waals surface area contributed by atoms with Gasteiger partial charge in [-0.15, -0.1) is 0 Å². The maximum atomic E-state index is 11.9. The number of amides is 1. The third-order valence-electron chi connectivity index (χ3n) is 3.93. The summed E-state index contributed by atoms with van der Waals surface area (Å²) in [5.41, 5.74) is 0. The molecule has 0 radical (unpaired) electrons. The van der Waals surface area contributed by atoms with Gasteiger partial charge in [-0.2, -0.15) is 0 Å². The maximum Gasteiger partial charge on any atom is 0.221 e. The Balaban J connectivity index is 2.32. The second-order valence-electron chi connectivity index (χ2n) is 6.02. The van der Waals surface area contributed by atoms with E-state index in [0.29, 0.717) is 18.4 Å². The largest absolute Gasteiger partial charge is 0.354 e. The minimum atomic E-state index is 0.165. The summed E-state index contributed by atoms with van der Waals surface area (Å²) in [4.78, 5) is 14.4. The Morgan fingerprint density at radius 1 is 1.21 bits per heavy atom. The summed E-state index contributed by atoms with van der Waals surface area (Å²) in [6.07, 6.45) is 3.17. The van der Waals surface area contributed by atoms with Crippen LogP contribution in [0.5, 0.6) is 0 Å². The fourth-order valence-corrected chi connectivity index (χ4v) is 2.85. The molecule has 112 valence electrons. The first-order valence-electron chi connectivity index (χ1n) is 7.78. The monoisotopic (exact) mass is 269 g/mol. The van der Waals surface area contributed by atoms with Crippen molar-refractivity contribution in [1.82, 2.24) is 15.5 Å². The van der Waals surface area contributed by atoms with Gasteiger partial charge in [0.1, 0.15) is 0 Å². The molecule has 1 rings (SSSR count). The van der Waals surface area contributed by atoms with E-state index in [9.17, 15) is 4.79 Å². The molecule has 0 aromatic carbocycles. The van der Waals surface area contributed by atoms with Gasteiger partial charge < -0.3 is 10.6 Å². The predicted molar refractivity (Wildman–Crippen MR) is 80.2 cm³/mol. The second-order valence-corrected chi connectivity index (χ2v) is 6.02. The molecule has 4 heteroatoms. The molecule has 0 saturated carbocycles. The first-order valence-corrected chi connectivity index (χ1v) is 7.78. The first-order chi connectivity index (χ1) is 9.04. The number of nitrogens with zero attached hydrogens (tertiary/aromatic N) is 1. The van der Waals surface area contributed by atoms with Crippen LogP contribution in [0.1, 0.15) is 47.0 Å². The van der Waals surface area contributed by atoms with Crippen molar-refractivity contribution in [1.29, 1.82) is 0 Å². The molecule has 19 heavy (non-hydrogen) atoms. The SMILES string of the molecule is CCNC(C)CC(=O)NCC(C(C)C)N1CCCC1. The summed E-state index contributed by atoms with van der Waals surface area (Å²) in [6, 6.07) is 0.746. The number of carbonyl (C=O) groups is 1. The van der Waals surface area contributed by atoms with E-state index in [4.69, 9.17) is 0 Å². The second kappa shape index (κ2) is 8.54. The Morgan fingerprint density at radius 3 is 2.37 bits per heavy atom. The summed E-state index contributed by atoms with van der Waals surface area (Å²) >= 11 is 0. The number of nitrogens with one attached hydrogen (secondary N) is 2. The molecule has 1 amide bonds. The lowest BCUT2D eigenvalue weighted by Crippen LogP contribution is -2.46. The van der Waals surface area contributed by atoms with Gasteiger partial charge in [0.2, 0.25) is 5.91 Å². The van der Waals surface area contributed by atoms with Crippen molar-refractivity contribution in [3.63, 3.8) is 0 Å².